The molecule has 4 aliphatic rings. The number of allylic oxidation sites excluding steroid dienone is 5. The van der Waals surface area contributed by atoms with Crippen LogP contribution in [0.4, 0.5) is 0 Å². The number of hydrogen-bond acceptors (Lipinski definition) is 1. The normalized spacial score (nSPS) is 48.4. The molecule has 4 aliphatic carbocycles. The molecule has 0 saturated heterocycles. The molecule has 0 spiro atoms. The SMILES string of the molecule is C=C1C=CC2(C)C(=C1)CCC1C2CCC2(C)C1CC[C@]2(O)C(=C)CC. The Morgan fingerprint density at radius 2 is 1.92 bits per heavy atom. The zero-order valence-electron chi connectivity index (χ0n) is 16.3. The van der Waals surface area contributed by atoms with Crippen LogP contribution >= 0.6 is 0 Å². The van der Waals surface area contributed by atoms with Gasteiger partial charge in [0, 0.05) is 10.8 Å². The minimum absolute atomic E-state index is 0.0147. The van der Waals surface area contributed by atoms with Gasteiger partial charge in [-0.05, 0) is 73.8 Å². The number of aliphatic hydroxyl groups is 1. The predicted octanol–water partition coefficient (Wildman–Crippen LogP) is 5.98. The van der Waals surface area contributed by atoms with Crippen LogP contribution < -0.4 is 0 Å². The second-order valence-electron chi connectivity index (χ2n) is 9.59. The number of fused-ring (bicyclic) bond motifs is 5. The molecule has 3 fully saturated rings. The van der Waals surface area contributed by atoms with Gasteiger partial charge in [-0.25, -0.2) is 0 Å². The van der Waals surface area contributed by atoms with Crippen LogP contribution in [0.25, 0.3) is 0 Å². The van der Waals surface area contributed by atoms with Crippen molar-refractivity contribution in [3.63, 3.8) is 0 Å². The fourth-order valence-electron chi connectivity index (χ4n) is 7.16. The molecule has 0 aromatic heterocycles. The van der Waals surface area contributed by atoms with Gasteiger partial charge in [0.15, 0.2) is 0 Å². The Kier molecular flexibility index (Phi) is 3.79. The van der Waals surface area contributed by atoms with Gasteiger partial charge in [0.25, 0.3) is 0 Å². The molecule has 6 atom stereocenters. The lowest BCUT2D eigenvalue weighted by atomic mass is 9.47. The summed E-state index contributed by atoms with van der Waals surface area (Å²) in [5.41, 5.74) is 3.38. The minimum atomic E-state index is -0.648. The molecule has 0 amide bonds. The zero-order valence-corrected chi connectivity index (χ0v) is 16.3. The van der Waals surface area contributed by atoms with E-state index in [-0.39, 0.29) is 10.8 Å². The summed E-state index contributed by atoms with van der Waals surface area (Å²) in [5, 5.41) is 11.6. The van der Waals surface area contributed by atoms with Gasteiger partial charge < -0.3 is 5.11 Å². The van der Waals surface area contributed by atoms with Crippen LogP contribution in [0.1, 0.15) is 65.7 Å². The lowest BCUT2D eigenvalue weighted by Crippen LogP contribution is -2.54. The third-order valence-electron chi connectivity index (χ3n) is 8.81. The number of hydrogen-bond donors (Lipinski definition) is 1. The van der Waals surface area contributed by atoms with Crippen LogP contribution in [0.5, 0.6) is 0 Å². The fraction of sp³-hybridized carbons (Fsp3) is 0.667. The molecular weight excluding hydrogens is 304 g/mol. The molecule has 1 nitrogen and oxygen atoms in total. The predicted molar refractivity (Wildman–Crippen MR) is 105 cm³/mol. The van der Waals surface area contributed by atoms with Crippen LogP contribution in [0, 0.1) is 28.6 Å². The Morgan fingerprint density at radius 3 is 2.64 bits per heavy atom. The van der Waals surface area contributed by atoms with E-state index < -0.39 is 5.60 Å². The first kappa shape index (κ1) is 17.3. The first-order valence-electron chi connectivity index (χ1n) is 10.3. The maximum absolute atomic E-state index is 11.6. The van der Waals surface area contributed by atoms with E-state index in [0.29, 0.717) is 11.8 Å². The maximum atomic E-state index is 11.6. The van der Waals surface area contributed by atoms with Crippen molar-refractivity contribution in [1.29, 1.82) is 0 Å². The average Bonchev–Trinajstić information content (AvgIpc) is 2.87. The van der Waals surface area contributed by atoms with Gasteiger partial charge in [-0.15, -0.1) is 0 Å². The maximum Gasteiger partial charge on any atom is 0.0910 e. The van der Waals surface area contributed by atoms with Gasteiger partial charge in [-0.3, -0.25) is 0 Å². The molecule has 5 unspecified atom stereocenters. The molecule has 1 N–H and O–H groups in total. The Labute approximate surface area is 153 Å². The van der Waals surface area contributed by atoms with Gasteiger partial charge in [0.05, 0.1) is 5.60 Å². The van der Waals surface area contributed by atoms with Crippen molar-refractivity contribution >= 4 is 0 Å². The summed E-state index contributed by atoms with van der Waals surface area (Å²) in [7, 11) is 0. The van der Waals surface area contributed by atoms with Crippen molar-refractivity contribution in [3.8, 4) is 0 Å². The van der Waals surface area contributed by atoms with E-state index in [1.54, 1.807) is 5.57 Å². The van der Waals surface area contributed by atoms with Crippen molar-refractivity contribution < 1.29 is 5.11 Å². The molecule has 0 bridgehead atoms. The lowest BCUT2D eigenvalue weighted by molar-refractivity contribution is -0.102. The summed E-state index contributed by atoms with van der Waals surface area (Å²) < 4.78 is 0. The summed E-state index contributed by atoms with van der Waals surface area (Å²) in [6.07, 6.45) is 14.8. The molecule has 0 aliphatic heterocycles. The monoisotopic (exact) mass is 338 g/mol. The summed E-state index contributed by atoms with van der Waals surface area (Å²) >= 11 is 0. The van der Waals surface area contributed by atoms with Gasteiger partial charge in [0.2, 0.25) is 0 Å². The third kappa shape index (κ3) is 2.11. The van der Waals surface area contributed by atoms with E-state index >= 15 is 0 Å². The molecule has 0 radical (unpaired) electrons. The molecule has 0 aromatic rings. The van der Waals surface area contributed by atoms with E-state index in [0.717, 1.165) is 36.3 Å². The minimum Gasteiger partial charge on any atom is -0.385 e. The summed E-state index contributed by atoms with van der Waals surface area (Å²) in [4.78, 5) is 0. The second-order valence-corrected chi connectivity index (χ2v) is 9.59. The Balaban J connectivity index is 1.69. The lowest BCUT2D eigenvalue weighted by Gasteiger charge is -2.58. The summed E-state index contributed by atoms with van der Waals surface area (Å²) in [5.74, 6) is 2.08. The van der Waals surface area contributed by atoms with E-state index in [2.05, 4.69) is 52.2 Å². The molecular formula is C24H34O. The number of rotatable bonds is 2. The molecule has 4 rings (SSSR count). The molecule has 25 heavy (non-hydrogen) atoms. The molecule has 1 heteroatoms. The molecule has 136 valence electrons. The highest BCUT2D eigenvalue weighted by molar-refractivity contribution is 5.43. The third-order valence-corrected chi connectivity index (χ3v) is 8.81. The second kappa shape index (κ2) is 5.46. The van der Waals surface area contributed by atoms with E-state index in [1.807, 2.05) is 0 Å². The van der Waals surface area contributed by atoms with Crippen molar-refractivity contribution in [1.82, 2.24) is 0 Å². The fourth-order valence-corrected chi connectivity index (χ4v) is 7.16. The van der Waals surface area contributed by atoms with Crippen molar-refractivity contribution in [2.45, 2.75) is 71.3 Å². The van der Waals surface area contributed by atoms with Gasteiger partial charge in [0.1, 0.15) is 0 Å². The first-order valence-corrected chi connectivity index (χ1v) is 10.3. The van der Waals surface area contributed by atoms with Crippen molar-refractivity contribution in [2.24, 2.45) is 28.6 Å². The zero-order chi connectivity index (χ0) is 18.0. The van der Waals surface area contributed by atoms with Crippen LogP contribution in [-0.4, -0.2) is 10.7 Å². The summed E-state index contributed by atoms with van der Waals surface area (Å²) in [6, 6.07) is 0. The van der Waals surface area contributed by atoms with E-state index in [9.17, 15) is 5.11 Å². The van der Waals surface area contributed by atoms with Gasteiger partial charge >= 0.3 is 0 Å². The smallest absolute Gasteiger partial charge is 0.0910 e. The van der Waals surface area contributed by atoms with E-state index in [1.165, 1.54) is 25.7 Å². The molecule has 0 heterocycles. The van der Waals surface area contributed by atoms with E-state index in [4.69, 9.17) is 0 Å². The van der Waals surface area contributed by atoms with Crippen molar-refractivity contribution in [2.75, 3.05) is 0 Å². The first-order chi connectivity index (χ1) is 11.8. The quantitative estimate of drug-likeness (QED) is 0.614. The highest BCUT2D eigenvalue weighted by atomic mass is 16.3. The van der Waals surface area contributed by atoms with Crippen molar-refractivity contribution in [3.05, 3.63) is 48.1 Å². The van der Waals surface area contributed by atoms with Gasteiger partial charge in [-0.2, -0.15) is 0 Å². The highest BCUT2D eigenvalue weighted by Gasteiger charge is 2.63. The standard InChI is InChI=1S/C24H34O/c1-6-17(3)24(25)14-11-21-19-8-7-18-15-16(2)9-12-22(18,4)20(19)10-13-23(21,24)5/h9,12,15,19-21,25H,2-3,6-8,10-11,13-14H2,1,4-5H3/t19?,20?,21?,22?,23?,24-/m0/s1. The highest BCUT2D eigenvalue weighted by Crippen LogP contribution is 2.68. The Bertz CT molecular complexity index is 682. The van der Waals surface area contributed by atoms with Crippen LogP contribution in [-0.2, 0) is 0 Å². The molecule has 0 aromatic carbocycles. The van der Waals surface area contributed by atoms with Gasteiger partial charge in [-0.1, -0.05) is 57.7 Å². The largest absolute Gasteiger partial charge is 0.385 e. The Morgan fingerprint density at radius 1 is 1.20 bits per heavy atom. The van der Waals surface area contributed by atoms with Crippen LogP contribution in [0.2, 0.25) is 0 Å². The summed E-state index contributed by atoms with van der Waals surface area (Å²) in [6.45, 7) is 15.4. The topological polar surface area (TPSA) is 20.2 Å². The molecule has 3 saturated carbocycles. The van der Waals surface area contributed by atoms with Crippen LogP contribution in [0.15, 0.2) is 48.1 Å². The Hall–Kier alpha value is -1.08. The average molecular weight is 339 g/mol. The van der Waals surface area contributed by atoms with Crippen LogP contribution in [0.3, 0.4) is 0 Å².